The van der Waals surface area contributed by atoms with Crippen molar-refractivity contribution in [3.63, 3.8) is 0 Å². The summed E-state index contributed by atoms with van der Waals surface area (Å²) in [5.41, 5.74) is 1.06. The lowest BCUT2D eigenvalue weighted by Crippen LogP contribution is -2.44. The van der Waals surface area contributed by atoms with Crippen molar-refractivity contribution in [1.82, 2.24) is 15.1 Å². The fourth-order valence-electron chi connectivity index (χ4n) is 3.73. The molecule has 0 saturated carbocycles. The SMILES string of the molecule is CC1CCC(C)N1C(=O)NCc1cccc(OCCN2CCOCC2)c1. The van der Waals surface area contributed by atoms with Gasteiger partial charge >= 0.3 is 6.03 Å². The number of amides is 2. The van der Waals surface area contributed by atoms with Gasteiger partial charge in [0.15, 0.2) is 0 Å². The quantitative estimate of drug-likeness (QED) is 0.846. The molecule has 2 fully saturated rings. The van der Waals surface area contributed by atoms with Gasteiger partial charge in [-0.3, -0.25) is 4.90 Å². The third-order valence-electron chi connectivity index (χ3n) is 5.31. The predicted molar refractivity (Wildman–Crippen MR) is 101 cm³/mol. The second-order valence-electron chi connectivity index (χ2n) is 7.29. The zero-order valence-corrected chi connectivity index (χ0v) is 15.9. The summed E-state index contributed by atoms with van der Waals surface area (Å²) in [6, 6.07) is 8.64. The molecular formula is C20H31N3O3. The Bertz CT molecular complexity index is 579. The first kappa shape index (κ1) is 19.0. The van der Waals surface area contributed by atoms with Crippen molar-refractivity contribution in [1.29, 1.82) is 0 Å². The highest BCUT2D eigenvalue weighted by Crippen LogP contribution is 2.23. The topological polar surface area (TPSA) is 54.0 Å². The Morgan fingerprint density at radius 3 is 2.69 bits per heavy atom. The number of urea groups is 1. The van der Waals surface area contributed by atoms with Crippen LogP contribution in [-0.4, -0.2) is 67.4 Å². The Labute approximate surface area is 156 Å². The second kappa shape index (κ2) is 9.24. The van der Waals surface area contributed by atoms with Gasteiger partial charge in [-0.25, -0.2) is 4.79 Å². The van der Waals surface area contributed by atoms with E-state index >= 15 is 0 Å². The summed E-state index contributed by atoms with van der Waals surface area (Å²) in [4.78, 5) is 16.8. The number of likely N-dealkylation sites (tertiary alicyclic amines) is 1. The van der Waals surface area contributed by atoms with Crippen molar-refractivity contribution < 1.29 is 14.3 Å². The molecule has 1 N–H and O–H groups in total. The summed E-state index contributed by atoms with van der Waals surface area (Å²) < 4.78 is 11.2. The van der Waals surface area contributed by atoms with E-state index in [0.717, 1.165) is 57.0 Å². The average molecular weight is 361 g/mol. The van der Waals surface area contributed by atoms with Crippen molar-refractivity contribution in [3.05, 3.63) is 29.8 Å². The molecule has 6 heteroatoms. The second-order valence-corrected chi connectivity index (χ2v) is 7.29. The van der Waals surface area contributed by atoms with Crippen LogP contribution >= 0.6 is 0 Å². The van der Waals surface area contributed by atoms with E-state index in [2.05, 4.69) is 24.1 Å². The standard InChI is InChI=1S/C20H31N3O3/c1-16-6-7-17(2)23(16)20(24)21-15-18-4-3-5-19(14-18)26-13-10-22-8-11-25-12-9-22/h3-5,14,16-17H,6-13,15H2,1-2H3,(H,21,24). The van der Waals surface area contributed by atoms with E-state index in [4.69, 9.17) is 9.47 Å². The van der Waals surface area contributed by atoms with Crippen LogP contribution < -0.4 is 10.1 Å². The van der Waals surface area contributed by atoms with Gasteiger partial charge in [0.25, 0.3) is 0 Å². The Kier molecular flexibility index (Phi) is 6.74. The van der Waals surface area contributed by atoms with Gasteiger partial charge < -0.3 is 19.7 Å². The number of benzene rings is 1. The number of nitrogens with one attached hydrogen (secondary N) is 1. The highest BCUT2D eigenvalue weighted by atomic mass is 16.5. The molecule has 144 valence electrons. The Morgan fingerprint density at radius 1 is 1.23 bits per heavy atom. The van der Waals surface area contributed by atoms with Crippen LogP contribution in [0.5, 0.6) is 5.75 Å². The molecule has 2 aliphatic rings. The van der Waals surface area contributed by atoms with Crippen LogP contribution in [0.3, 0.4) is 0 Å². The van der Waals surface area contributed by atoms with Gasteiger partial charge in [-0.15, -0.1) is 0 Å². The first-order valence-corrected chi connectivity index (χ1v) is 9.71. The molecule has 3 rings (SSSR count). The first-order valence-electron chi connectivity index (χ1n) is 9.71. The smallest absolute Gasteiger partial charge is 0.318 e. The maximum atomic E-state index is 12.4. The van der Waals surface area contributed by atoms with E-state index in [0.29, 0.717) is 25.2 Å². The Morgan fingerprint density at radius 2 is 1.96 bits per heavy atom. The largest absolute Gasteiger partial charge is 0.492 e. The van der Waals surface area contributed by atoms with Crippen LogP contribution in [0.15, 0.2) is 24.3 Å². The minimum absolute atomic E-state index is 0.0288. The molecule has 1 aromatic carbocycles. The molecule has 2 amide bonds. The lowest BCUT2D eigenvalue weighted by Gasteiger charge is -2.26. The number of nitrogens with zero attached hydrogens (tertiary/aromatic N) is 2. The maximum absolute atomic E-state index is 12.4. The monoisotopic (exact) mass is 361 g/mol. The van der Waals surface area contributed by atoms with Crippen molar-refractivity contribution in [3.8, 4) is 5.75 Å². The fraction of sp³-hybridized carbons (Fsp3) is 0.650. The van der Waals surface area contributed by atoms with Crippen LogP contribution in [-0.2, 0) is 11.3 Å². The summed E-state index contributed by atoms with van der Waals surface area (Å²) in [6.45, 7) is 9.90. The molecule has 2 unspecified atom stereocenters. The summed E-state index contributed by atoms with van der Waals surface area (Å²) >= 11 is 0. The normalized spacial score (nSPS) is 23.8. The third kappa shape index (κ3) is 5.11. The number of morpholine rings is 1. The summed E-state index contributed by atoms with van der Waals surface area (Å²) in [7, 11) is 0. The Balaban J connectivity index is 1.44. The summed E-state index contributed by atoms with van der Waals surface area (Å²) in [5, 5.41) is 3.05. The molecule has 6 nitrogen and oxygen atoms in total. The van der Waals surface area contributed by atoms with Gasteiger partial charge in [0.1, 0.15) is 12.4 Å². The molecule has 2 heterocycles. The molecule has 0 aliphatic carbocycles. The fourth-order valence-corrected chi connectivity index (χ4v) is 3.73. The molecule has 0 spiro atoms. The molecule has 1 aromatic rings. The molecule has 26 heavy (non-hydrogen) atoms. The van der Waals surface area contributed by atoms with Crippen molar-refractivity contribution >= 4 is 6.03 Å². The zero-order valence-electron chi connectivity index (χ0n) is 15.9. The molecule has 0 radical (unpaired) electrons. The van der Waals surface area contributed by atoms with Crippen molar-refractivity contribution in [2.24, 2.45) is 0 Å². The average Bonchev–Trinajstić information content (AvgIpc) is 2.99. The molecule has 2 atom stereocenters. The number of ether oxygens (including phenoxy) is 2. The van der Waals surface area contributed by atoms with Crippen LogP contribution in [0.4, 0.5) is 4.79 Å². The molecule has 2 aliphatic heterocycles. The van der Waals surface area contributed by atoms with E-state index in [-0.39, 0.29) is 6.03 Å². The van der Waals surface area contributed by atoms with Gasteiger partial charge in [0.2, 0.25) is 0 Å². The van der Waals surface area contributed by atoms with E-state index in [1.807, 2.05) is 29.2 Å². The van der Waals surface area contributed by atoms with E-state index in [1.54, 1.807) is 0 Å². The van der Waals surface area contributed by atoms with E-state index in [9.17, 15) is 4.79 Å². The molecular weight excluding hydrogens is 330 g/mol. The highest BCUT2D eigenvalue weighted by Gasteiger charge is 2.31. The minimum atomic E-state index is 0.0288. The van der Waals surface area contributed by atoms with Crippen LogP contribution in [0.1, 0.15) is 32.3 Å². The van der Waals surface area contributed by atoms with E-state index < -0.39 is 0 Å². The summed E-state index contributed by atoms with van der Waals surface area (Å²) in [5.74, 6) is 0.855. The number of rotatable bonds is 6. The van der Waals surface area contributed by atoms with Crippen LogP contribution in [0.2, 0.25) is 0 Å². The van der Waals surface area contributed by atoms with Gasteiger partial charge in [-0.05, 0) is 44.4 Å². The Hall–Kier alpha value is -1.79. The lowest BCUT2D eigenvalue weighted by molar-refractivity contribution is 0.0322. The number of hydrogen-bond donors (Lipinski definition) is 1. The molecule has 0 bridgehead atoms. The highest BCUT2D eigenvalue weighted by molar-refractivity contribution is 5.75. The number of carbonyl (C=O) groups is 1. The number of hydrogen-bond acceptors (Lipinski definition) is 4. The first-order chi connectivity index (χ1) is 12.6. The van der Waals surface area contributed by atoms with Gasteiger partial charge in [0.05, 0.1) is 13.2 Å². The third-order valence-corrected chi connectivity index (χ3v) is 5.31. The zero-order chi connectivity index (χ0) is 18.4. The molecule has 2 saturated heterocycles. The van der Waals surface area contributed by atoms with Crippen LogP contribution in [0.25, 0.3) is 0 Å². The lowest BCUT2D eigenvalue weighted by atomic mass is 10.2. The van der Waals surface area contributed by atoms with E-state index in [1.165, 1.54) is 0 Å². The summed E-state index contributed by atoms with van der Waals surface area (Å²) in [6.07, 6.45) is 2.17. The number of carbonyl (C=O) groups excluding carboxylic acids is 1. The van der Waals surface area contributed by atoms with Gasteiger partial charge in [-0.1, -0.05) is 12.1 Å². The van der Waals surface area contributed by atoms with Gasteiger partial charge in [0, 0.05) is 38.3 Å². The predicted octanol–water partition coefficient (Wildman–Crippen LogP) is 2.48. The maximum Gasteiger partial charge on any atom is 0.318 e. The minimum Gasteiger partial charge on any atom is -0.492 e. The van der Waals surface area contributed by atoms with Crippen molar-refractivity contribution in [2.75, 3.05) is 39.5 Å². The molecule has 0 aromatic heterocycles. The van der Waals surface area contributed by atoms with Crippen molar-refractivity contribution in [2.45, 2.75) is 45.3 Å². The van der Waals surface area contributed by atoms with Gasteiger partial charge in [-0.2, -0.15) is 0 Å². The van der Waals surface area contributed by atoms with Crippen LogP contribution in [0, 0.1) is 0 Å².